The van der Waals surface area contributed by atoms with Gasteiger partial charge >= 0.3 is 0 Å². The minimum absolute atomic E-state index is 0.0153. The highest BCUT2D eigenvalue weighted by Crippen LogP contribution is 2.35. The van der Waals surface area contributed by atoms with Crippen molar-refractivity contribution in [2.24, 2.45) is 0 Å². The average molecular weight is 533 g/mol. The van der Waals surface area contributed by atoms with E-state index in [4.69, 9.17) is 0 Å². The maximum Gasteiger partial charge on any atom is 0.256 e. The molecule has 0 bridgehead atoms. The molecule has 0 saturated carbocycles. The van der Waals surface area contributed by atoms with E-state index >= 15 is 0 Å². The summed E-state index contributed by atoms with van der Waals surface area (Å²) in [4.78, 5) is 17.7. The number of carbonyl (C=O) groups is 1. The second-order valence-electron chi connectivity index (χ2n) is 9.75. The smallest absolute Gasteiger partial charge is 0.256 e. The van der Waals surface area contributed by atoms with Gasteiger partial charge in [-0.2, -0.15) is 0 Å². The van der Waals surface area contributed by atoms with Gasteiger partial charge in [-0.25, -0.2) is 16.8 Å². The Morgan fingerprint density at radius 2 is 1.36 bits per heavy atom. The summed E-state index contributed by atoms with van der Waals surface area (Å²) in [7, 11) is -7.00. The molecular weight excluding hydrogens is 500 g/mol. The average Bonchev–Trinajstić information content (AvgIpc) is 3.38. The Morgan fingerprint density at radius 3 is 1.94 bits per heavy atom. The number of hydrogen-bond donors (Lipinski definition) is 0. The molecule has 2 aromatic rings. The zero-order valence-corrected chi connectivity index (χ0v) is 22.3. The number of carbonyl (C=O) groups excluding carboxylic acids is 1. The number of rotatable bonds is 4. The van der Waals surface area contributed by atoms with Crippen molar-refractivity contribution in [3.63, 3.8) is 0 Å². The molecule has 0 unspecified atom stereocenters. The van der Waals surface area contributed by atoms with Crippen LogP contribution in [0.4, 0.5) is 17.1 Å². The normalized spacial score (nSPS) is 21.3. The lowest BCUT2D eigenvalue weighted by atomic mass is 10.1. The Morgan fingerprint density at radius 1 is 0.722 bits per heavy atom. The van der Waals surface area contributed by atoms with Crippen LogP contribution in [0.5, 0.6) is 0 Å². The third-order valence-electron chi connectivity index (χ3n) is 7.23. The van der Waals surface area contributed by atoms with Gasteiger partial charge in [-0.3, -0.25) is 13.4 Å². The molecule has 0 N–H and O–H groups in total. The van der Waals surface area contributed by atoms with E-state index in [2.05, 4.69) is 36.9 Å². The fourth-order valence-corrected chi connectivity index (χ4v) is 8.51. The molecule has 9 nitrogen and oxygen atoms in total. The quantitative estimate of drug-likeness (QED) is 0.600. The molecule has 3 aliphatic rings. The number of sulfonamides is 2. The summed E-state index contributed by atoms with van der Waals surface area (Å²) in [5.41, 5.74) is 4.53. The van der Waals surface area contributed by atoms with Crippen molar-refractivity contribution < 1.29 is 21.6 Å². The van der Waals surface area contributed by atoms with Gasteiger partial charge in [0.05, 0.1) is 28.4 Å². The second kappa shape index (κ2) is 9.26. The molecule has 3 fully saturated rings. The number of aryl methyl sites for hydroxylation is 2. The number of benzene rings is 2. The topological polar surface area (TPSA) is 98.3 Å². The van der Waals surface area contributed by atoms with Crippen LogP contribution >= 0.6 is 0 Å². The highest BCUT2D eigenvalue weighted by Gasteiger charge is 2.35. The molecule has 0 aromatic heterocycles. The van der Waals surface area contributed by atoms with Crippen molar-refractivity contribution in [2.45, 2.75) is 26.7 Å². The first-order chi connectivity index (χ1) is 17.1. The predicted molar refractivity (Wildman–Crippen MR) is 142 cm³/mol. The minimum atomic E-state index is -3.56. The van der Waals surface area contributed by atoms with Gasteiger partial charge in [-0.05, 0) is 56.5 Å². The summed E-state index contributed by atoms with van der Waals surface area (Å²) in [6.07, 6.45) is 0.988. The number of piperazine rings is 1. The second-order valence-corrected chi connectivity index (χ2v) is 13.8. The van der Waals surface area contributed by atoms with E-state index in [-0.39, 0.29) is 29.6 Å². The SMILES string of the molecule is Cc1ccc(N2CCN(C(=O)c3ccc(N4CCCS4(=O)=O)cc3N3CCCS3(=O)=O)CC2)c(C)c1. The van der Waals surface area contributed by atoms with E-state index in [1.165, 1.54) is 19.7 Å². The molecule has 0 spiro atoms. The third kappa shape index (κ3) is 4.54. The van der Waals surface area contributed by atoms with Gasteiger partial charge in [0.2, 0.25) is 20.0 Å². The highest BCUT2D eigenvalue weighted by atomic mass is 32.2. The van der Waals surface area contributed by atoms with Crippen LogP contribution in [0.3, 0.4) is 0 Å². The van der Waals surface area contributed by atoms with Crippen LogP contribution in [0.25, 0.3) is 0 Å². The van der Waals surface area contributed by atoms with Crippen LogP contribution in [-0.2, 0) is 20.0 Å². The molecule has 0 aliphatic carbocycles. The molecule has 2 aromatic carbocycles. The Bertz CT molecular complexity index is 1400. The maximum absolute atomic E-state index is 13.7. The number of amides is 1. The number of hydrogen-bond acceptors (Lipinski definition) is 6. The fraction of sp³-hybridized carbons (Fsp3) is 0.480. The molecule has 1 amide bonds. The first kappa shape index (κ1) is 24.9. The van der Waals surface area contributed by atoms with Gasteiger partial charge in [-0.15, -0.1) is 0 Å². The van der Waals surface area contributed by atoms with Crippen LogP contribution in [0.2, 0.25) is 0 Å². The van der Waals surface area contributed by atoms with Crippen molar-refractivity contribution in [3.05, 3.63) is 53.1 Å². The van der Waals surface area contributed by atoms with E-state index < -0.39 is 20.0 Å². The van der Waals surface area contributed by atoms with Crippen molar-refractivity contribution in [1.29, 1.82) is 0 Å². The van der Waals surface area contributed by atoms with Gasteiger partial charge in [-0.1, -0.05) is 17.7 Å². The van der Waals surface area contributed by atoms with Crippen LogP contribution < -0.4 is 13.5 Å². The monoisotopic (exact) mass is 532 g/mol. The number of nitrogens with zero attached hydrogens (tertiary/aromatic N) is 4. The molecule has 3 heterocycles. The van der Waals surface area contributed by atoms with E-state index in [0.717, 1.165) is 5.69 Å². The fourth-order valence-electron chi connectivity index (χ4n) is 5.38. The maximum atomic E-state index is 13.7. The summed E-state index contributed by atoms with van der Waals surface area (Å²) >= 11 is 0. The van der Waals surface area contributed by atoms with Crippen molar-refractivity contribution in [1.82, 2.24) is 4.90 Å². The lowest BCUT2D eigenvalue weighted by Crippen LogP contribution is -2.49. The lowest BCUT2D eigenvalue weighted by molar-refractivity contribution is 0.0747. The summed E-state index contributed by atoms with van der Waals surface area (Å²) in [5.74, 6) is -0.153. The molecule has 0 radical (unpaired) electrons. The lowest BCUT2D eigenvalue weighted by Gasteiger charge is -2.37. The van der Waals surface area contributed by atoms with Crippen molar-refractivity contribution in [3.8, 4) is 0 Å². The van der Waals surface area contributed by atoms with Gasteiger partial charge < -0.3 is 9.80 Å². The van der Waals surface area contributed by atoms with Gasteiger partial charge in [0.25, 0.3) is 5.91 Å². The van der Waals surface area contributed by atoms with Crippen molar-refractivity contribution >= 4 is 43.0 Å². The van der Waals surface area contributed by atoms with Gasteiger partial charge in [0, 0.05) is 45.0 Å². The highest BCUT2D eigenvalue weighted by molar-refractivity contribution is 7.93. The van der Waals surface area contributed by atoms with Crippen LogP contribution in [0.15, 0.2) is 36.4 Å². The molecular formula is C25H32N4O5S2. The summed E-state index contributed by atoms with van der Waals surface area (Å²) in [6.45, 7) is 7.16. The van der Waals surface area contributed by atoms with Gasteiger partial charge in [0.15, 0.2) is 0 Å². The van der Waals surface area contributed by atoms with Gasteiger partial charge in [0.1, 0.15) is 0 Å². The standard InChI is InChI=1S/C25H32N4O5S2/c1-19-5-8-23(20(2)17-19)26-11-13-27(14-12-26)25(30)22-7-6-21(28-9-3-15-35(28,31)32)18-24(22)29-10-4-16-36(29,33)34/h5-8,17-18H,3-4,9-16H2,1-2H3. The predicted octanol–water partition coefficient (Wildman–Crippen LogP) is 2.35. The van der Waals surface area contributed by atoms with Crippen LogP contribution in [0, 0.1) is 13.8 Å². The molecule has 36 heavy (non-hydrogen) atoms. The Balaban J connectivity index is 1.42. The number of anilines is 3. The summed E-state index contributed by atoms with van der Waals surface area (Å²) in [5, 5.41) is 0. The summed E-state index contributed by atoms with van der Waals surface area (Å²) in [6, 6.07) is 11.1. The summed E-state index contributed by atoms with van der Waals surface area (Å²) < 4.78 is 53.2. The Hall–Kier alpha value is -2.79. The first-order valence-corrected chi connectivity index (χ1v) is 15.5. The largest absolute Gasteiger partial charge is 0.368 e. The molecule has 3 aliphatic heterocycles. The van der Waals surface area contributed by atoms with E-state index in [1.807, 2.05) is 0 Å². The Labute approximate surface area is 213 Å². The minimum Gasteiger partial charge on any atom is -0.368 e. The van der Waals surface area contributed by atoms with Crippen molar-refractivity contribution in [2.75, 3.05) is 64.3 Å². The molecule has 194 valence electrons. The molecule has 5 rings (SSSR count). The van der Waals surface area contributed by atoms with E-state index in [1.54, 1.807) is 23.1 Å². The van der Waals surface area contributed by atoms with E-state index in [0.29, 0.717) is 56.8 Å². The molecule has 0 atom stereocenters. The first-order valence-electron chi connectivity index (χ1n) is 12.3. The van der Waals surface area contributed by atoms with Crippen LogP contribution in [0.1, 0.15) is 34.3 Å². The van der Waals surface area contributed by atoms with E-state index in [9.17, 15) is 21.6 Å². The zero-order valence-electron chi connectivity index (χ0n) is 20.7. The zero-order chi connectivity index (χ0) is 25.7. The molecule has 11 heteroatoms. The Kier molecular flexibility index (Phi) is 6.40. The third-order valence-corrected chi connectivity index (χ3v) is 11.0. The molecule has 3 saturated heterocycles. The van der Waals surface area contributed by atoms with Crippen LogP contribution in [-0.4, -0.2) is 78.4 Å².